The van der Waals surface area contributed by atoms with Crippen LogP contribution >= 0.6 is 11.6 Å². The van der Waals surface area contributed by atoms with Crippen LogP contribution in [0.3, 0.4) is 0 Å². The molecule has 0 amide bonds. The van der Waals surface area contributed by atoms with Crippen LogP contribution in [0.1, 0.15) is 18.3 Å². The molecule has 2 aromatic heterocycles. The fourth-order valence-electron chi connectivity index (χ4n) is 3.40. The van der Waals surface area contributed by atoms with Crippen LogP contribution in [0.25, 0.3) is 16.6 Å². The third-order valence-electron chi connectivity index (χ3n) is 4.81. The topological polar surface area (TPSA) is 123 Å². The van der Waals surface area contributed by atoms with Gasteiger partial charge in [-0.3, -0.25) is 9.36 Å². The first-order chi connectivity index (χ1) is 15.4. The molecule has 0 aliphatic rings. The van der Waals surface area contributed by atoms with E-state index in [1.165, 1.54) is 29.0 Å². The molecule has 160 valence electrons. The number of nitrogens with zero attached hydrogens (tertiary/aromatic N) is 5. The molecule has 1 unspecified atom stereocenters. The van der Waals surface area contributed by atoms with Crippen molar-refractivity contribution in [3.8, 4) is 11.8 Å². The Balaban J connectivity index is 1.83. The molecule has 0 saturated carbocycles. The van der Waals surface area contributed by atoms with Crippen LogP contribution in [0.5, 0.6) is 0 Å². The lowest BCUT2D eigenvalue weighted by molar-refractivity contribution is 0.607. The molecule has 0 bridgehead atoms. The average Bonchev–Trinajstić information content (AvgIpc) is 2.75. The Bertz CT molecular complexity index is 1430. The monoisotopic (exact) mass is 449 g/mol. The summed E-state index contributed by atoms with van der Waals surface area (Å²) in [4.78, 5) is 25.9. The van der Waals surface area contributed by atoms with E-state index < -0.39 is 11.4 Å². The summed E-state index contributed by atoms with van der Waals surface area (Å²) in [5.74, 6) is 0.0203. The fraction of sp³-hybridized carbons (Fsp3) is 0.136. The Morgan fingerprint density at radius 1 is 1.25 bits per heavy atom. The Morgan fingerprint density at radius 2 is 2.03 bits per heavy atom. The van der Waals surface area contributed by atoms with Crippen LogP contribution in [-0.2, 0) is 6.42 Å². The lowest BCUT2D eigenvalue weighted by atomic mass is 10.1. The number of hydrogen-bond donors (Lipinski definition) is 2. The molecule has 4 aromatic rings. The maximum absolute atomic E-state index is 14.7. The second-order valence-corrected chi connectivity index (χ2v) is 7.51. The van der Waals surface area contributed by atoms with Crippen LogP contribution in [0.2, 0.25) is 5.02 Å². The van der Waals surface area contributed by atoms with Crippen molar-refractivity contribution in [2.24, 2.45) is 0 Å². The minimum absolute atomic E-state index is 0.0143. The van der Waals surface area contributed by atoms with E-state index in [-0.39, 0.29) is 45.9 Å². The van der Waals surface area contributed by atoms with Crippen molar-refractivity contribution in [3.63, 3.8) is 0 Å². The van der Waals surface area contributed by atoms with Crippen molar-refractivity contribution in [1.82, 2.24) is 19.5 Å². The molecule has 32 heavy (non-hydrogen) atoms. The van der Waals surface area contributed by atoms with Gasteiger partial charge in [0.25, 0.3) is 5.56 Å². The lowest BCUT2D eigenvalue weighted by Crippen LogP contribution is -2.29. The van der Waals surface area contributed by atoms with Gasteiger partial charge in [0.05, 0.1) is 27.8 Å². The van der Waals surface area contributed by atoms with E-state index in [2.05, 4.69) is 20.3 Å². The van der Waals surface area contributed by atoms with Gasteiger partial charge < -0.3 is 11.1 Å². The highest BCUT2D eigenvalue weighted by Gasteiger charge is 2.19. The van der Waals surface area contributed by atoms with Gasteiger partial charge in [0.15, 0.2) is 0 Å². The first kappa shape index (κ1) is 21.2. The van der Waals surface area contributed by atoms with Gasteiger partial charge in [-0.05, 0) is 31.2 Å². The van der Waals surface area contributed by atoms with E-state index in [0.29, 0.717) is 11.3 Å². The zero-order valence-electron chi connectivity index (χ0n) is 16.9. The number of nitrogens with two attached hydrogens (primary N) is 1. The van der Waals surface area contributed by atoms with Gasteiger partial charge in [0.2, 0.25) is 5.95 Å². The molecule has 4 rings (SSSR count). The largest absolute Gasteiger partial charge is 0.368 e. The summed E-state index contributed by atoms with van der Waals surface area (Å²) in [5, 5.41) is 12.8. The molecule has 0 saturated heterocycles. The summed E-state index contributed by atoms with van der Waals surface area (Å²) < 4.78 is 15.9. The van der Waals surface area contributed by atoms with Crippen molar-refractivity contribution < 1.29 is 4.39 Å². The third kappa shape index (κ3) is 3.96. The molecule has 2 heterocycles. The second-order valence-electron chi connectivity index (χ2n) is 7.11. The zero-order valence-corrected chi connectivity index (χ0v) is 17.6. The number of nitriles is 1. The van der Waals surface area contributed by atoms with E-state index in [0.717, 1.165) is 0 Å². The number of anilines is 2. The van der Waals surface area contributed by atoms with Gasteiger partial charge in [0, 0.05) is 12.5 Å². The fourth-order valence-corrected chi connectivity index (χ4v) is 3.65. The summed E-state index contributed by atoms with van der Waals surface area (Å²) in [6.45, 7) is 1.82. The number of benzene rings is 2. The highest BCUT2D eigenvalue weighted by Crippen LogP contribution is 2.22. The van der Waals surface area contributed by atoms with Crippen LogP contribution in [0, 0.1) is 17.1 Å². The van der Waals surface area contributed by atoms with Gasteiger partial charge in [-0.15, -0.1) is 0 Å². The van der Waals surface area contributed by atoms with E-state index in [1.54, 1.807) is 24.3 Å². The van der Waals surface area contributed by atoms with E-state index in [1.807, 2.05) is 13.0 Å². The van der Waals surface area contributed by atoms with Crippen molar-refractivity contribution in [3.05, 3.63) is 81.2 Å². The highest BCUT2D eigenvalue weighted by atomic mass is 35.5. The maximum atomic E-state index is 14.7. The van der Waals surface area contributed by atoms with Gasteiger partial charge in [-0.1, -0.05) is 29.8 Å². The molecular formula is C22H17ClFN7O. The quantitative estimate of drug-likeness (QED) is 0.478. The van der Waals surface area contributed by atoms with Crippen molar-refractivity contribution in [1.29, 1.82) is 5.26 Å². The molecule has 8 nitrogen and oxygen atoms in total. The molecule has 0 radical (unpaired) electrons. The summed E-state index contributed by atoms with van der Waals surface area (Å²) in [6.07, 6.45) is 1.53. The molecule has 3 N–H and O–H groups in total. The molecule has 10 heteroatoms. The molecule has 0 fully saturated rings. The number of fused-ring (bicyclic) bond motifs is 1. The van der Waals surface area contributed by atoms with Crippen molar-refractivity contribution in [2.45, 2.75) is 19.4 Å². The van der Waals surface area contributed by atoms with E-state index in [9.17, 15) is 14.4 Å². The molecule has 0 spiro atoms. The number of nitrogen functional groups attached to an aromatic ring is 1. The summed E-state index contributed by atoms with van der Waals surface area (Å²) in [7, 11) is 0. The Morgan fingerprint density at radius 3 is 2.78 bits per heavy atom. The standard InChI is InChI=1S/C22H17ClFN7O/c1-12(28-20-13(10-25)11-27-22(26)30-20)9-18-29-16-7-4-5-14(23)19(16)21(32)31(18)17-8-3-2-6-15(17)24/h2-8,11-12H,9H2,1H3,(H3,26,27,28,30). The first-order valence-corrected chi connectivity index (χ1v) is 10.0. The van der Waals surface area contributed by atoms with Gasteiger partial charge in [-0.2, -0.15) is 10.2 Å². The van der Waals surface area contributed by atoms with Gasteiger partial charge in [0.1, 0.15) is 29.1 Å². The minimum atomic E-state index is -0.569. The molecular weight excluding hydrogens is 433 g/mol. The molecule has 0 aliphatic carbocycles. The molecule has 1 atom stereocenters. The summed E-state index contributed by atoms with van der Waals surface area (Å²) >= 11 is 6.26. The average molecular weight is 450 g/mol. The lowest BCUT2D eigenvalue weighted by Gasteiger charge is -2.19. The van der Waals surface area contributed by atoms with Crippen molar-refractivity contribution >= 4 is 34.3 Å². The molecule has 2 aromatic carbocycles. The smallest absolute Gasteiger partial charge is 0.267 e. The number of rotatable bonds is 5. The number of nitrogens with one attached hydrogen (secondary N) is 1. The van der Waals surface area contributed by atoms with Gasteiger partial charge in [-0.25, -0.2) is 14.4 Å². The van der Waals surface area contributed by atoms with Crippen LogP contribution in [0.4, 0.5) is 16.2 Å². The third-order valence-corrected chi connectivity index (χ3v) is 5.12. The predicted octanol–water partition coefficient (Wildman–Crippen LogP) is 3.47. The number of para-hydroxylation sites is 1. The Hall–Kier alpha value is -4.03. The predicted molar refractivity (Wildman–Crippen MR) is 120 cm³/mol. The Labute approximate surface area is 187 Å². The maximum Gasteiger partial charge on any atom is 0.267 e. The number of hydrogen-bond acceptors (Lipinski definition) is 7. The number of halogens is 2. The van der Waals surface area contributed by atoms with E-state index >= 15 is 0 Å². The van der Waals surface area contributed by atoms with Crippen LogP contribution in [-0.4, -0.2) is 25.6 Å². The highest BCUT2D eigenvalue weighted by molar-refractivity contribution is 6.35. The Kier molecular flexibility index (Phi) is 5.71. The van der Waals surface area contributed by atoms with Crippen molar-refractivity contribution in [2.75, 3.05) is 11.1 Å². The second kappa shape index (κ2) is 8.61. The minimum Gasteiger partial charge on any atom is -0.368 e. The normalized spacial score (nSPS) is 11.8. The number of aromatic nitrogens is 4. The van der Waals surface area contributed by atoms with Crippen LogP contribution in [0.15, 0.2) is 53.5 Å². The van der Waals surface area contributed by atoms with Gasteiger partial charge >= 0.3 is 0 Å². The zero-order chi connectivity index (χ0) is 22.8. The molecule has 0 aliphatic heterocycles. The van der Waals surface area contributed by atoms with E-state index in [4.69, 9.17) is 17.3 Å². The first-order valence-electron chi connectivity index (χ1n) is 9.63. The summed E-state index contributed by atoms with van der Waals surface area (Å²) in [6, 6.07) is 12.6. The summed E-state index contributed by atoms with van der Waals surface area (Å²) in [5.41, 5.74) is 5.85. The SMILES string of the molecule is CC(Cc1nc2cccc(Cl)c2c(=O)n1-c1ccccc1F)Nc1nc(N)ncc1C#N. The van der Waals surface area contributed by atoms with Crippen LogP contribution < -0.4 is 16.6 Å².